The van der Waals surface area contributed by atoms with E-state index >= 15 is 0 Å². The molecule has 62 heavy (non-hydrogen) atoms. The highest BCUT2D eigenvalue weighted by molar-refractivity contribution is 7.85. The summed E-state index contributed by atoms with van der Waals surface area (Å²) in [6.07, 6.45) is 15.1. The van der Waals surface area contributed by atoms with Crippen LogP contribution in [0.3, 0.4) is 0 Å². The largest absolute Gasteiger partial charge is 0.480 e. The summed E-state index contributed by atoms with van der Waals surface area (Å²) in [5, 5.41) is 23.2. The van der Waals surface area contributed by atoms with E-state index in [0.29, 0.717) is 25.8 Å². The molecule has 21 heteroatoms. The van der Waals surface area contributed by atoms with Crippen LogP contribution < -0.4 is 26.6 Å². The summed E-state index contributed by atoms with van der Waals surface area (Å²) >= 11 is 0. The van der Waals surface area contributed by atoms with E-state index in [1.807, 2.05) is 6.92 Å². The van der Waals surface area contributed by atoms with Gasteiger partial charge in [-0.1, -0.05) is 86.8 Å². The number of carbonyl (C=O) groups excluding carboxylic acids is 5. The van der Waals surface area contributed by atoms with Crippen molar-refractivity contribution in [2.24, 2.45) is 0 Å². The molecule has 0 fully saturated rings. The predicted molar refractivity (Wildman–Crippen MR) is 238 cm³/mol. The number of unbranched alkanes of at least 4 members (excludes halogenated alkanes) is 13. The number of aliphatic carboxylic acids is 1. The Kier molecular flexibility index (Phi) is 39.0. The molecule has 0 bridgehead atoms. The fraction of sp³-hybridized carbons (Fsp3) is 0.854. The molecule has 0 aliphatic rings. The van der Waals surface area contributed by atoms with Gasteiger partial charge in [-0.05, 0) is 45.1 Å². The van der Waals surface area contributed by atoms with Gasteiger partial charge in [-0.25, -0.2) is 4.79 Å². The van der Waals surface area contributed by atoms with E-state index < -0.39 is 22.1 Å². The van der Waals surface area contributed by atoms with Crippen LogP contribution in [0.5, 0.6) is 0 Å². The number of hydrogen-bond donors (Lipinski definition) is 7. The molecule has 0 spiro atoms. The number of likely N-dealkylation sites (N-methyl/N-ethyl adjacent to an activating group) is 1. The molecule has 0 saturated heterocycles. The molecular formula is C41H78N5O14PS. The van der Waals surface area contributed by atoms with Gasteiger partial charge in [-0.2, -0.15) is 8.42 Å². The summed E-state index contributed by atoms with van der Waals surface area (Å²) in [5.74, 6) is -2.61. The zero-order valence-corrected chi connectivity index (χ0v) is 39.0. The van der Waals surface area contributed by atoms with Crippen molar-refractivity contribution in [3.8, 4) is 0 Å². The van der Waals surface area contributed by atoms with Crippen LogP contribution in [0, 0.1) is 0 Å². The van der Waals surface area contributed by atoms with E-state index in [4.69, 9.17) is 23.5 Å². The minimum absolute atomic E-state index is 0.0337. The molecule has 0 aromatic rings. The van der Waals surface area contributed by atoms with Gasteiger partial charge in [0.2, 0.25) is 23.6 Å². The first kappa shape index (κ1) is 59.2. The van der Waals surface area contributed by atoms with Gasteiger partial charge in [0.25, 0.3) is 10.1 Å². The summed E-state index contributed by atoms with van der Waals surface area (Å²) in [7, 11) is -1.65. The third-order valence-electron chi connectivity index (χ3n) is 9.48. The van der Waals surface area contributed by atoms with Crippen LogP contribution in [0.25, 0.3) is 0 Å². The summed E-state index contributed by atoms with van der Waals surface area (Å²) < 4.78 is 51.5. The van der Waals surface area contributed by atoms with Crippen molar-refractivity contribution in [3.05, 3.63) is 0 Å². The molecule has 0 heterocycles. The van der Waals surface area contributed by atoms with E-state index in [1.165, 1.54) is 0 Å². The average Bonchev–Trinajstić information content (AvgIpc) is 3.21. The van der Waals surface area contributed by atoms with E-state index in [2.05, 4.69) is 35.8 Å². The van der Waals surface area contributed by atoms with Crippen molar-refractivity contribution in [1.82, 2.24) is 26.6 Å². The van der Waals surface area contributed by atoms with Crippen LogP contribution >= 0.6 is 9.24 Å². The van der Waals surface area contributed by atoms with Gasteiger partial charge in [0.15, 0.2) is 5.52 Å². The van der Waals surface area contributed by atoms with E-state index in [0.717, 1.165) is 90.0 Å². The van der Waals surface area contributed by atoms with Crippen molar-refractivity contribution in [1.29, 1.82) is 0 Å². The zero-order chi connectivity index (χ0) is 46.1. The Bertz CT molecular complexity index is 1330. The van der Waals surface area contributed by atoms with Crippen molar-refractivity contribution in [3.63, 3.8) is 0 Å². The second-order valence-electron chi connectivity index (χ2n) is 15.0. The fourth-order valence-corrected chi connectivity index (χ4v) is 6.95. The molecule has 0 aromatic carbocycles. The third kappa shape index (κ3) is 41.2. The van der Waals surface area contributed by atoms with Crippen molar-refractivity contribution >= 4 is 54.5 Å². The van der Waals surface area contributed by atoms with Gasteiger partial charge >= 0.3 is 5.97 Å². The standard InChI is InChI=1S/C41H78N5O14PS/c1-2-42-35(41(53)61)18-15-16-22-43-38(49)32-59-29-28-58-26-24-45-39(50)33-60-30-27-57-25-23-44-36(47)21-20-34(40(51)52)46-37(48)19-14-12-10-8-6-4-3-5-7-9-11-13-17-31-62(54,55)56/h34-35,42H,2-33,61H2,1H3,(H,43,49)(H,44,47)(H,45,50)(H,46,48)(H,51,52)(H,54,55,56)/t34-,35-/m0/s1. The van der Waals surface area contributed by atoms with Crippen molar-refractivity contribution in [2.45, 2.75) is 141 Å². The Morgan fingerprint density at radius 1 is 0.532 bits per heavy atom. The molecule has 0 rings (SSSR count). The molecule has 1 unspecified atom stereocenters. The lowest BCUT2D eigenvalue weighted by molar-refractivity contribution is -0.142. The number of nitrogens with one attached hydrogen (secondary N) is 5. The monoisotopic (exact) mass is 928 g/mol. The van der Waals surface area contributed by atoms with Crippen LogP contribution in [0.4, 0.5) is 0 Å². The Morgan fingerprint density at radius 3 is 1.48 bits per heavy atom. The summed E-state index contributed by atoms with van der Waals surface area (Å²) in [6, 6.07) is -1.33. The van der Waals surface area contributed by atoms with Gasteiger partial charge in [-0.15, -0.1) is 0 Å². The first-order valence-corrected chi connectivity index (χ1v) is 24.5. The second kappa shape index (κ2) is 40.9. The molecule has 4 amide bonds. The van der Waals surface area contributed by atoms with Crippen LogP contribution in [-0.2, 0) is 57.8 Å². The van der Waals surface area contributed by atoms with Gasteiger partial charge in [0.1, 0.15) is 19.3 Å². The number of carboxylic acid groups (broad SMARTS) is 1. The molecule has 0 radical (unpaired) electrons. The van der Waals surface area contributed by atoms with Crippen LogP contribution in [0.15, 0.2) is 0 Å². The van der Waals surface area contributed by atoms with Crippen LogP contribution in [0.2, 0.25) is 0 Å². The number of carboxylic acids is 1. The lowest BCUT2D eigenvalue weighted by Crippen LogP contribution is -2.41. The van der Waals surface area contributed by atoms with Crippen molar-refractivity contribution in [2.75, 3.05) is 84.8 Å². The summed E-state index contributed by atoms with van der Waals surface area (Å²) in [4.78, 5) is 71.5. The Morgan fingerprint density at radius 2 is 1.00 bits per heavy atom. The normalized spacial score (nSPS) is 12.4. The summed E-state index contributed by atoms with van der Waals surface area (Å²) in [5.41, 5.74) is 0.0337. The van der Waals surface area contributed by atoms with E-state index in [-0.39, 0.29) is 126 Å². The minimum Gasteiger partial charge on any atom is -0.480 e. The maximum Gasteiger partial charge on any atom is 0.326 e. The Labute approximate surface area is 371 Å². The van der Waals surface area contributed by atoms with Crippen LogP contribution in [0.1, 0.15) is 129 Å². The predicted octanol–water partition coefficient (Wildman–Crippen LogP) is 2.65. The number of ether oxygens (including phenoxy) is 4. The SMILES string of the molecule is CCN[C@@H](CCCCNC(=O)COCCOCCNC(=O)COCCOCCNC(=O)CC[C@H](NC(=O)CCCCCCCCCCCCCCCS(=O)(=O)O)C(=O)O)C(=O)P. The number of rotatable bonds is 45. The van der Waals surface area contributed by atoms with Gasteiger partial charge in [-0.3, -0.25) is 28.5 Å². The number of hydrogen-bond acceptors (Lipinski definition) is 13. The Hall–Kier alpha value is -2.84. The lowest BCUT2D eigenvalue weighted by atomic mass is 10.0. The molecule has 362 valence electrons. The maximum atomic E-state index is 12.3. The topological polar surface area (TPSA) is 274 Å². The number of amides is 4. The first-order chi connectivity index (χ1) is 29.7. The molecule has 7 N–H and O–H groups in total. The molecule has 0 aliphatic heterocycles. The molecule has 0 aromatic heterocycles. The fourth-order valence-electron chi connectivity index (χ4n) is 6.09. The molecule has 0 saturated carbocycles. The molecular weight excluding hydrogens is 850 g/mol. The average molecular weight is 928 g/mol. The van der Waals surface area contributed by atoms with Gasteiger partial charge in [0.05, 0.1) is 51.4 Å². The zero-order valence-electron chi connectivity index (χ0n) is 37.1. The van der Waals surface area contributed by atoms with Crippen LogP contribution in [-0.4, -0.2) is 150 Å². The second-order valence-corrected chi connectivity index (χ2v) is 17.2. The number of carbonyl (C=O) groups is 6. The molecule has 19 nitrogen and oxygen atoms in total. The van der Waals surface area contributed by atoms with E-state index in [1.54, 1.807) is 0 Å². The quantitative estimate of drug-likeness (QED) is 0.0263. The first-order valence-electron chi connectivity index (χ1n) is 22.4. The molecule has 3 atom stereocenters. The Balaban J connectivity index is 3.67. The maximum absolute atomic E-state index is 12.3. The highest BCUT2D eigenvalue weighted by atomic mass is 32.2. The third-order valence-corrected chi connectivity index (χ3v) is 10.7. The summed E-state index contributed by atoms with van der Waals surface area (Å²) in [6.45, 7) is 4.71. The smallest absolute Gasteiger partial charge is 0.326 e. The lowest BCUT2D eigenvalue weighted by Gasteiger charge is -2.14. The molecule has 0 aliphatic carbocycles. The van der Waals surface area contributed by atoms with Gasteiger partial charge in [0, 0.05) is 32.5 Å². The highest BCUT2D eigenvalue weighted by Gasteiger charge is 2.21. The minimum atomic E-state index is -3.85. The van der Waals surface area contributed by atoms with E-state index in [9.17, 15) is 42.3 Å². The van der Waals surface area contributed by atoms with Crippen molar-refractivity contribution < 1.29 is 65.8 Å². The van der Waals surface area contributed by atoms with Gasteiger partial charge < -0.3 is 50.6 Å². The highest BCUT2D eigenvalue weighted by Crippen LogP contribution is 2.13.